The fraction of sp³-hybridized carbons (Fsp3) is 0.964. The minimum atomic E-state index is 1.37. The van der Waals surface area contributed by atoms with Crippen LogP contribution in [0.2, 0.25) is 0 Å². The van der Waals surface area contributed by atoms with Crippen LogP contribution in [0.5, 0.6) is 0 Å². The standard InChI is InChI=1S/C28H57/c1-4-7-10-13-16-17-18-21-24-27-28(25-22-19-14-11-8-5-2)26-23-20-15-12-9-6-3/h4-27H2,1-3H3. The molecule has 0 spiro atoms. The molecule has 0 nitrogen and oxygen atoms in total. The van der Waals surface area contributed by atoms with Crippen molar-refractivity contribution in [3.05, 3.63) is 5.92 Å². The van der Waals surface area contributed by atoms with Crippen molar-refractivity contribution in [2.75, 3.05) is 0 Å². The number of rotatable bonds is 24. The van der Waals surface area contributed by atoms with Crippen molar-refractivity contribution in [1.29, 1.82) is 0 Å². The summed E-state index contributed by atoms with van der Waals surface area (Å²) in [7, 11) is 0. The van der Waals surface area contributed by atoms with Gasteiger partial charge < -0.3 is 0 Å². The van der Waals surface area contributed by atoms with E-state index >= 15 is 0 Å². The second-order valence-corrected chi connectivity index (χ2v) is 9.36. The molecule has 1 radical (unpaired) electrons. The summed E-state index contributed by atoms with van der Waals surface area (Å²) in [4.78, 5) is 0. The zero-order valence-corrected chi connectivity index (χ0v) is 20.5. The molecule has 0 heterocycles. The Hall–Kier alpha value is 0. The Bertz CT molecular complexity index is 241. The first kappa shape index (κ1) is 28.0. The third-order valence-corrected chi connectivity index (χ3v) is 6.40. The van der Waals surface area contributed by atoms with E-state index in [-0.39, 0.29) is 0 Å². The molecule has 0 saturated heterocycles. The lowest BCUT2D eigenvalue weighted by molar-refractivity contribution is 0.509. The molecule has 0 unspecified atom stereocenters. The second-order valence-electron chi connectivity index (χ2n) is 9.36. The van der Waals surface area contributed by atoms with Crippen molar-refractivity contribution in [1.82, 2.24) is 0 Å². The van der Waals surface area contributed by atoms with Gasteiger partial charge in [0, 0.05) is 0 Å². The molecule has 0 aliphatic carbocycles. The van der Waals surface area contributed by atoms with Gasteiger partial charge in [-0.2, -0.15) is 0 Å². The summed E-state index contributed by atoms with van der Waals surface area (Å²) >= 11 is 0. The summed E-state index contributed by atoms with van der Waals surface area (Å²) in [5.74, 6) is 1.92. The SMILES string of the molecule is CCCCCCCCCCC[C](CCCCCCCC)CCCCCCCC. The maximum atomic E-state index is 2.32. The van der Waals surface area contributed by atoms with Crippen LogP contribution >= 0.6 is 0 Å². The Morgan fingerprint density at radius 1 is 0.286 bits per heavy atom. The van der Waals surface area contributed by atoms with E-state index in [9.17, 15) is 0 Å². The van der Waals surface area contributed by atoms with Gasteiger partial charge >= 0.3 is 0 Å². The number of unbranched alkanes of at least 4 members (excludes halogenated alkanes) is 18. The summed E-state index contributed by atoms with van der Waals surface area (Å²) < 4.78 is 0. The van der Waals surface area contributed by atoms with Crippen molar-refractivity contribution in [2.45, 2.75) is 175 Å². The van der Waals surface area contributed by atoms with E-state index in [1.807, 2.05) is 5.92 Å². The zero-order chi connectivity index (χ0) is 20.5. The van der Waals surface area contributed by atoms with Gasteiger partial charge in [-0.1, -0.05) is 156 Å². The van der Waals surface area contributed by atoms with E-state index in [0.29, 0.717) is 0 Å². The van der Waals surface area contributed by atoms with Crippen LogP contribution in [0.4, 0.5) is 0 Å². The third-order valence-electron chi connectivity index (χ3n) is 6.40. The van der Waals surface area contributed by atoms with Crippen LogP contribution in [0.3, 0.4) is 0 Å². The molecule has 0 aromatic rings. The van der Waals surface area contributed by atoms with E-state index in [4.69, 9.17) is 0 Å². The summed E-state index contributed by atoms with van der Waals surface area (Å²) in [6, 6.07) is 0. The van der Waals surface area contributed by atoms with Crippen LogP contribution in [-0.4, -0.2) is 0 Å². The van der Waals surface area contributed by atoms with E-state index in [1.165, 1.54) is 154 Å². The largest absolute Gasteiger partial charge is 0.0654 e. The molecule has 28 heavy (non-hydrogen) atoms. The molecule has 0 aromatic heterocycles. The van der Waals surface area contributed by atoms with Crippen molar-refractivity contribution in [3.8, 4) is 0 Å². The maximum Gasteiger partial charge on any atom is -0.0241 e. The van der Waals surface area contributed by atoms with Crippen LogP contribution in [0, 0.1) is 5.92 Å². The fourth-order valence-electron chi connectivity index (χ4n) is 4.37. The lowest BCUT2D eigenvalue weighted by Gasteiger charge is -2.16. The van der Waals surface area contributed by atoms with Gasteiger partial charge in [0.2, 0.25) is 0 Å². The van der Waals surface area contributed by atoms with Crippen molar-refractivity contribution >= 4 is 0 Å². The number of hydrogen-bond acceptors (Lipinski definition) is 0. The average Bonchev–Trinajstić information content (AvgIpc) is 2.71. The van der Waals surface area contributed by atoms with Gasteiger partial charge in [0.05, 0.1) is 0 Å². The molecular weight excluding hydrogens is 336 g/mol. The predicted octanol–water partition coefficient (Wildman–Crippen LogP) is 11.0. The minimum Gasteiger partial charge on any atom is -0.0654 e. The van der Waals surface area contributed by atoms with Crippen LogP contribution in [0.25, 0.3) is 0 Å². The van der Waals surface area contributed by atoms with Crippen LogP contribution in [-0.2, 0) is 0 Å². The smallest absolute Gasteiger partial charge is 0.0241 e. The van der Waals surface area contributed by atoms with E-state index in [0.717, 1.165) is 0 Å². The van der Waals surface area contributed by atoms with Crippen molar-refractivity contribution < 1.29 is 0 Å². The molecule has 0 aliphatic rings. The first-order valence-electron chi connectivity index (χ1n) is 13.7. The molecular formula is C28H57. The highest BCUT2D eigenvalue weighted by Crippen LogP contribution is 2.26. The lowest BCUT2D eigenvalue weighted by Crippen LogP contribution is -1.99. The topological polar surface area (TPSA) is 0 Å². The van der Waals surface area contributed by atoms with Crippen LogP contribution in [0.1, 0.15) is 175 Å². The Morgan fingerprint density at radius 2 is 0.500 bits per heavy atom. The number of hydrogen-bond donors (Lipinski definition) is 0. The molecule has 0 amide bonds. The highest BCUT2D eigenvalue weighted by Gasteiger charge is 2.09. The maximum absolute atomic E-state index is 2.32. The summed E-state index contributed by atoms with van der Waals surface area (Å²) in [6.45, 7) is 6.94. The van der Waals surface area contributed by atoms with Crippen LogP contribution < -0.4 is 0 Å². The molecule has 0 rings (SSSR count). The Kier molecular flexibility index (Phi) is 25.0. The molecule has 0 bridgehead atoms. The van der Waals surface area contributed by atoms with Gasteiger partial charge in [0.15, 0.2) is 0 Å². The first-order chi connectivity index (χ1) is 13.8. The average molecular weight is 394 g/mol. The van der Waals surface area contributed by atoms with Crippen molar-refractivity contribution in [3.63, 3.8) is 0 Å². The molecule has 169 valence electrons. The molecule has 0 aliphatic heterocycles. The van der Waals surface area contributed by atoms with Gasteiger partial charge in [-0.3, -0.25) is 0 Å². The summed E-state index contributed by atoms with van der Waals surface area (Å²) in [6.07, 6.45) is 34.8. The van der Waals surface area contributed by atoms with Crippen LogP contribution in [0.15, 0.2) is 0 Å². The van der Waals surface area contributed by atoms with E-state index in [1.54, 1.807) is 0 Å². The van der Waals surface area contributed by atoms with Gasteiger partial charge in [0.25, 0.3) is 0 Å². The Labute approximate surface area is 181 Å². The highest BCUT2D eigenvalue weighted by atomic mass is 14.1. The monoisotopic (exact) mass is 393 g/mol. The third kappa shape index (κ3) is 22.3. The van der Waals surface area contributed by atoms with Crippen molar-refractivity contribution in [2.24, 2.45) is 0 Å². The molecule has 0 saturated carbocycles. The Balaban J connectivity index is 3.76. The van der Waals surface area contributed by atoms with Gasteiger partial charge in [0.1, 0.15) is 0 Å². The zero-order valence-electron chi connectivity index (χ0n) is 20.5. The molecule has 0 N–H and O–H groups in total. The Morgan fingerprint density at radius 3 is 0.750 bits per heavy atom. The summed E-state index contributed by atoms with van der Waals surface area (Å²) in [5, 5.41) is 0. The van der Waals surface area contributed by atoms with Gasteiger partial charge in [-0.15, -0.1) is 0 Å². The molecule has 0 aromatic carbocycles. The molecule has 0 fully saturated rings. The predicted molar refractivity (Wildman–Crippen MR) is 131 cm³/mol. The quantitative estimate of drug-likeness (QED) is 0.143. The molecule has 0 atom stereocenters. The first-order valence-corrected chi connectivity index (χ1v) is 13.7. The summed E-state index contributed by atoms with van der Waals surface area (Å²) in [5.41, 5.74) is 0. The van der Waals surface area contributed by atoms with E-state index < -0.39 is 0 Å². The fourth-order valence-corrected chi connectivity index (χ4v) is 4.37. The highest BCUT2D eigenvalue weighted by molar-refractivity contribution is 4.89. The van der Waals surface area contributed by atoms with E-state index in [2.05, 4.69) is 20.8 Å². The second kappa shape index (κ2) is 25.0. The normalized spacial score (nSPS) is 11.6. The molecule has 0 heteroatoms. The van der Waals surface area contributed by atoms with Gasteiger partial charge in [-0.25, -0.2) is 0 Å². The lowest BCUT2D eigenvalue weighted by atomic mass is 9.89. The van der Waals surface area contributed by atoms with Gasteiger partial charge in [-0.05, 0) is 25.2 Å². The minimum absolute atomic E-state index is 1.37.